The Kier molecular flexibility index (Phi) is 5.89. The number of aromatic nitrogens is 4. The number of thioether (sulfide) groups is 1. The van der Waals surface area contributed by atoms with Crippen molar-refractivity contribution in [1.29, 1.82) is 0 Å². The van der Waals surface area contributed by atoms with Gasteiger partial charge in [-0.15, -0.1) is 11.8 Å². The van der Waals surface area contributed by atoms with Crippen LogP contribution in [0.15, 0.2) is 59.9 Å². The van der Waals surface area contributed by atoms with E-state index in [1.807, 2.05) is 24.7 Å². The predicted molar refractivity (Wildman–Crippen MR) is 129 cm³/mol. The standard InChI is InChI=1S/C25H27N5S/c1-31-23-11-7-6-10-19(23)17-14-20-21(16-28-24(20)27-15-17)22-12-13-26-25(30-22)29-18-8-4-2-3-5-9-18/h6-7,10-16,18H,2-5,8-9H2,1H3,(H,27,28)(H,26,29,30). The predicted octanol–water partition coefficient (Wildman–Crippen LogP) is 6.54. The van der Waals surface area contributed by atoms with Crippen molar-refractivity contribution in [3.05, 3.63) is 55.0 Å². The summed E-state index contributed by atoms with van der Waals surface area (Å²) in [6.45, 7) is 0. The molecule has 0 radical (unpaired) electrons. The van der Waals surface area contributed by atoms with E-state index < -0.39 is 0 Å². The molecule has 1 aliphatic rings. The monoisotopic (exact) mass is 429 g/mol. The molecule has 0 saturated heterocycles. The van der Waals surface area contributed by atoms with E-state index in [4.69, 9.17) is 4.98 Å². The van der Waals surface area contributed by atoms with Crippen LogP contribution in [0.4, 0.5) is 5.95 Å². The van der Waals surface area contributed by atoms with Gasteiger partial charge in [0, 0.05) is 46.0 Å². The third-order valence-electron chi connectivity index (χ3n) is 6.07. The van der Waals surface area contributed by atoms with Gasteiger partial charge in [0.25, 0.3) is 0 Å². The van der Waals surface area contributed by atoms with Crippen LogP contribution in [0.2, 0.25) is 0 Å². The number of nitrogens with one attached hydrogen (secondary N) is 2. The molecule has 0 unspecified atom stereocenters. The Balaban J connectivity index is 1.49. The van der Waals surface area contributed by atoms with Crippen LogP contribution in [-0.4, -0.2) is 32.2 Å². The average Bonchev–Trinajstić information content (AvgIpc) is 3.07. The maximum absolute atomic E-state index is 4.85. The Labute approximate surface area is 187 Å². The topological polar surface area (TPSA) is 66.5 Å². The summed E-state index contributed by atoms with van der Waals surface area (Å²) in [6.07, 6.45) is 15.5. The molecule has 0 bridgehead atoms. The highest BCUT2D eigenvalue weighted by Gasteiger charge is 2.15. The Morgan fingerprint density at radius 1 is 1.00 bits per heavy atom. The zero-order valence-electron chi connectivity index (χ0n) is 17.8. The second kappa shape index (κ2) is 9.10. The number of rotatable bonds is 5. The van der Waals surface area contributed by atoms with Crippen molar-refractivity contribution >= 4 is 28.7 Å². The molecule has 1 aromatic carbocycles. The molecule has 3 heterocycles. The molecule has 0 spiro atoms. The summed E-state index contributed by atoms with van der Waals surface area (Å²) < 4.78 is 0. The fourth-order valence-electron chi connectivity index (χ4n) is 4.43. The van der Waals surface area contributed by atoms with Crippen molar-refractivity contribution in [3.63, 3.8) is 0 Å². The van der Waals surface area contributed by atoms with E-state index in [1.54, 1.807) is 11.8 Å². The summed E-state index contributed by atoms with van der Waals surface area (Å²) in [5, 5.41) is 4.65. The lowest BCUT2D eigenvalue weighted by molar-refractivity contribution is 0.615. The highest BCUT2D eigenvalue weighted by molar-refractivity contribution is 7.98. The molecular formula is C25H27N5S. The minimum Gasteiger partial charge on any atom is -0.351 e. The van der Waals surface area contributed by atoms with Crippen LogP contribution in [0.1, 0.15) is 38.5 Å². The molecule has 0 aliphatic heterocycles. The van der Waals surface area contributed by atoms with E-state index in [9.17, 15) is 0 Å². The number of benzene rings is 1. The van der Waals surface area contributed by atoms with E-state index in [-0.39, 0.29) is 0 Å². The van der Waals surface area contributed by atoms with Gasteiger partial charge in [0.2, 0.25) is 5.95 Å². The fourth-order valence-corrected chi connectivity index (χ4v) is 5.05. The first-order valence-corrected chi connectivity index (χ1v) is 12.2. The summed E-state index contributed by atoms with van der Waals surface area (Å²) in [6, 6.07) is 13.1. The van der Waals surface area contributed by atoms with Gasteiger partial charge in [-0.2, -0.15) is 0 Å². The molecule has 1 aliphatic carbocycles. The van der Waals surface area contributed by atoms with Crippen LogP contribution in [0.25, 0.3) is 33.4 Å². The Morgan fingerprint density at radius 3 is 2.68 bits per heavy atom. The van der Waals surface area contributed by atoms with Gasteiger partial charge >= 0.3 is 0 Å². The van der Waals surface area contributed by atoms with Crippen LogP contribution in [0.5, 0.6) is 0 Å². The zero-order chi connectivity index (χ0) is 21.0. The average molecular weight is 430 g/mol. The SMILES string of the molecule is CSc1ccccc1-c1cnc2[nH]cc(-c3ccnc(NC4CCCCCC4)n3)c2c1. The van der Waals surface area contributed by atoms with E-state index in [1.165, 1.54) is 49.0 Å². The van der Waals surface area contributed by atoms with Crippen LogP contribution in [-0.2, 0) is 0 Å². The van der Waals surface area contributed by atoms with Gasteiger partial charge in [-0.3, -0.25) is 0 Å². The third-order valence-corrected chi connectivity index (χ3v) is 6.86. The van der Waals surface area contributed by atoms with Crippen molar-refractivity contribution in [1.82, 2.24) is 19.9 Å². The van der Waals surface area contributed by atoms with Gasteiger partial charge in [-0.1, -0.05) is 43.9 Å². The summed E-state index contributed by atoms with van der Waals surface area (Å²) in [5.41, 5.74) is 5.16. The fraction of sp³-hybridized carbons (Fsp3) is 0.320. The van der Waals surface area contributed by atoms with E-state index >= 15 is 0 Å². The number of H-pyrrole nitrogens is 1. The lowest BCUT2D eigenvalue weighted by Gasteiger charge is -2.16. The molecule has 5 rings (SSSR count). The highest BCUT2D eigenvalue weighted by Crippen LogP contribution is 2.34. The number of fused-ring (bicyclic) bond motifs is 1. The second-order valence-electron chi connectivity index (χ2n) is 8.12. The number of anilines is 1. The molecule has 158 valence electrons. The van der Waals surface area contributed by atoms with Crippen LogP contribution >= 0.6 is 11.8 Å². The van der Waals surface area contributed by atoms with Crippen LogP contribution < -0.4 is 5.32 Å². The van der Waals surface area contributed by atoms with Crippen molar-refractivity contribution in [2.45, 2.75) is 49.5 Å². The van der Waals surface area contributed by atoms with E-state index in [0.717, 1.165) is 33.8 Å². The first-order chi connectivity index (χ1) is 15.3. The maximum atomic E-state index is 4.85. The van der Waals surface area contributed by atoms with Gasteiger partial charge in [0.15, 0.2) is 0 Å². The maximum Gasteiger partial charge on any atom is 0.223 e. The van der Waals surface area contributed by atoms with E-state index in [0.29, 0.717) is 6.04 Å². The summed E-state index contributed by atoms with van der Waals surface area (Å²) in [5.74, 6) is 0.718. The van der Waals surface area contributed by atoms with Gasteiger partial charge in [-0.25, -0.2) is 15.0 Å². The molecule has 5 nitrogen and oxygen atoms in total. The zero-order valence-corrected chi connectivity index (χ0v) is 18.6. The van der Waals surface area contributed by atoms with Crippen molar-refractivity contribution < 1.29 is 0 Å². The van der Waals surface area contributed by atoms with Crippen molar-refractivity contribution in [2.24, 2.45) is 0 Å². The van der Waals surface area contributed by atoms with Gasteiger partial charge in [-0.05, 0) is 42.9 Å². The van der Waals surface area contributed by atoms with Gasteiger partial charge in [0.05, 0.1) is 5.69 Å². The minimum atomic E-state index is 0.469. The van der Waals surface area contributed by atoms with Crippen LogP contribution in [0.3, 0.4) is 0 Å². The molecule has 1 saturated carbocycles. The lowest BCUT2D eigenvalue weighted by atomic mass is 10.0. The molecule has 0 atom stereocenters. The Hall–Kier alpha value is -2.86. The number of hydrogen-bond acceptors (Lipinski definition) is 5. The molecule has 0 amide bonds. The third kappa shape index (κ3) is 4.30. The Bertz CT molecular complexity index is 1180. The number of aromatic amines is 1. The number of nitrogens with zero attached hydrogens (tertiary/aromatic N) is 3. The molecular weight excluding hydrogens is 402 g/mol. The molecule has 4 aromatic rings. The summed E-state index contributed by atoms with van der Waals surface area (Å²) in [4.78, 5) is 18.6. The molecule has 3 aromatic heterocycles. The first-order valence-electron chi connectivity index (χ1n) is 11.0. The minimum absolute atomic E-state index is 0.469. The van der Waals surface area contributed by atoms with E-state index in [2.05, 4.69) is 56.9 Å². The normalized spacial score (nSPS) is 15.1. The van der Waals surface area contributed by atoms with Gasteiger partial charge < -0.3 is 10.3 Å². The Morgan fingerprint density at radius 2 is 1.84 bits per heavy atom. The van der Waals surface area contributed by atoms with Crippen LogP contribution in [0, 0.1) is 0 Å². The quantitative estimate of drug-likeness (QED) is 0.278. The molecule has 31 heavy (non-hydrogen) atoms. The summed E-state index contributed by atoms with van der Waals surface area (Å²) in [7, 11) is 0. The molecule has 1 fully saturated rings. The van der Waals surface area contributed by atoms with Crippen molar-refractivity contribution in [2.75, 3.05) is 11.6 Å². The van der Waals surface area contributed by atoms with Crippen molar-refractivity contribution in [3.8, 4) is 22.4 Å². The number of hydrogen-bond donors (Lipinski definition) is 2. The van der Waals surface area contributed by atoms with Gasteiger partial charge in [0.1, 0.15) is 5.65 Å². The second-order valence-corrected chi connectivity index (χ2v) is 8.97. The molecule has 6 heteroatoms. The lowest BCUT2D eigenvalue weighted by Crippen LogP contribution is -2.19. The number of pyridine rings is 1. The first kappa shape index (κ1) is 20.1. The largest absolute Gasteiger partial charge is 0.351 e. The summed E-state index contributed by atoms with van der Waals surface area (Å²) >= 11 is 1.75. The molecule has 2 N–H and O–H groups in total. The smallest absolute Gasteiger partial charge is 0.223 e. The highest BCUT2D eigenvalue weighted by atomic mass is 32.2.